The van der Waals surface area contributed by atoms with Gasteiger partial charge in [-0.15, -0.1) is 0 Å². The summed E-state index contributed by atoms with van der Waals surface area (Å²) in [6.07, 6.45) is -0.285. The lowest BCUT2D eigenvalue weighted by Gasteiger charge is -2.13. The summed E-state index contributed by atoms with van der Waals surface area (Å²) in [6.45, 7) is 2.88. The molecule has 0 bridgehead atoms. The highest BCUT2D eigenvalue weighted by Gasteiger charge is 2.29. The van der Waals surface area contributed by atoms with Crippen LogP contribution in [0.3, 0.4) is 0 Å². The molecule has 1 unspecified atom stereocenters. The number of aliphatic carboxylic acids is 1. The highest BCUT2D eigenvalue weighted by Crippen LogP contribution is 2.37. The molecule has 162 valence electrons. The minimum Gasteiger partial charge on any atom is -0.505 e. The quantitative estimate of drug-likeness (QED) is 0.556. The van der Waals surface area contributed by atoms with Crippen LogP contribution < -0.4 is 5.32 Å². The number of nitrogens with one attached hydrogen (secondary N) is 1. The van der Waals surface area contributed by atoms with Crippen molar-refractivity contribution in [2.75, 3.05) is 6.54 Å². The number of fused-ring (bicyclic) bond motifs is 1. The largest absolute Gasteiger partial charge is 0.505 e. The van der Waals surface area contributed by atoms with Gasteiger partial charge < -0.3 is 15.5 Å². The molecular formula is C22H20F2N2O5. The highest BCUT2D eigenvalue weighted by molar-refractivity contribution is 6.05. The molecule has 0 aliphatic heterocycles. The van der Waals surface area contributed by atoms with Crippen LogP contribution in [0.25, 0.3) is 10.9 Å². The Morgan fingerprint density at radius 3 is 2.52 bits per heavy atom. The van der Waals surface area contributed by atoms with Gasteiger partial charge in [0.05, 0.1) is 17.9 Å². The van der Waals surface area contributed by atoms with Crippen molar-refractivity contribution in [3.63, 3.8) is 0 Å². The number of benzene rings is 2. The zero-order valence-corrected chi connectivity index (χ0v) is 16.8. The summed E-state index contributed by atoms with van der Waals surface area (Å²) in [5.41, 5.74) is 0.552. The van der Waals surface area contributed by atoms with Crippen LogP contribution in [0.5, 0.6) is 5.75 Å². The number of halogens is 2. The Balaban J connectivity index is 2.15. The average Bonchev–Trinajstić information content (AvgIpc) is 3.01. The van der Waals surface area contributed by atoms with E-state index in [9.17, 15) is 28.3 Å². The zero-order valence-electron chi connectivity index (χ0n) is 16.8. The maximum Gasteiger partial charge on any atom is 0.305 e. The lowest BCUT2D eigenvalue weighted by Crippen LogP contribution is -2.30. The van der Waals surface area contributed by atoms with Gasteiger partial charge in [0.25, 0.3) is 5.91 Å². The molecule has 3 aromatic rings. The molecule has 0 radical (unpaired) electrons. The molecule has 0 saturated carbocycles. The molecule has 0 aliphatic rings. The molecule has 31 heavy (non-hydrogen) atoms. The lowest BCUT2D eigenvalue weighted by atomic mass is 9.96. The van der Waals surface area contributed by atoms with Crippen molar-refractivity contribution >= 4 is 28.7 Å². The zero-order chi connectivity index (χ0) is 22.9. The number of phenols is 1. The van der Waals surface area contributed by atoms with Crippen LogP contribution >= 0.6 is 0 Å². The van der Waals surface area contributed by atoms with Crippen molar-refractivity contribution in [1.82, 2.24) is 9.88 Å². The molecule has 1 atom stereocenters. The first-order chi connectivity index (χ1) is 14.6. The van der Waals surface area contributed by atoms with Gasteiger partial charge >= 0.3 is 5.97 Å². The molecule has 3 rings (SSSR count). The monoisotopic (exact) mass is 430 g/mol. The number of aromatic nitrogens is 1. The van der Waals surface area contributed by atoms with Crippen LogP contribution in [0, 0.1) is 18.6 Å². The van der Waals surface area contributed by atoms with Crippen molar-refractivity contribution in [2.45, 2.75) is 26.2 Å². The second kappa shape index (κ2) is 8.55. The Kier molecular flexibility index (Phi) is 6.05. The summed E-state index contributed by atoms with van der Waals surface area (Å²) in [5, 5.41) is 21.0. The third kappa shape index (κ3) is 4.11. The standard InChI is InChI=1S/C22H20F2N2O5/c1-11(21(30)25-9-8-17(28)29)18-12(2)26(15-6-7-16(27)20(24)19(15)18)22(31)13-4-3-5-14(23)10-13/h3-7,10-11,27H,8-9H2,1-2H3,(H,25,30)(H,28,29). The van der Waals surface area contributed by atoms with Gasteiger partial charge in [-0.2, -0.15) is 0 Å². The summed E-state index contributed by atoms with van der Waals surface area (Å²) >= 11 is 0. The van der Waals surface area contributed by atoms with Crippen LogP contribution in [0.15, 0.2) is 36.4 Å². The molecule has 0 aliphatic carbocycles. The van der Waals surface area contributed by atoms with Crippen LogP contribution in [-0.2, 0) is 9.59 Å². The van der Waals surface area contributed by atoms with Crippen molar-refractivity contribution in [3.8, 4) is 5.75 Å². The van der Waals surface area contributed by atoms with E-state index >= 15 is 0 Å². The smallest absolute Gasteiger partial charge is 0.305 e. The van der Waals surface area contributed by atoms with Crippen molar-refractivity contribution in [2.24, 2.45) is 0 Å². The summed E-state index contributed by atoms with van der Waals surface area (Å²) in [7, 11) is 0. The molecule has 0 spiro atoms. The number of carboxylic acids is 1. The molecular weight excluding hydrogens is 410 g/mol. The number of carboxylic acid groups (broad SMARTS) is 1. The first-order valence-electron chi connectivity index (χ1n) is 9.45. The van der Waals surface area contributed by atoms with Gasteiger partial charge in [-0.05, 0) is 49.7 Å². The highest BCUT2D eigenvalue weighted by atomic mass is 19.1. The predicted molar refractivity (Wildman–Crippen MR) is 108 cm³/mol. The average molecular weight is 430 g/mol. The molecule has 1 heterocycles. The van der Waals surface area contributed by atoms with E-state index in [4.69, 9.17) is 5.11 Å². The molecule has 0 fully saturated rings. The first kappa shape index (κ1) is 21.9. The number of carbonyl (C=O) groups excluding carboxylic acids is 2. The summed E-state index contributed by atoms with van der Waals surface area (Å²) in [5.74, 6) is -5.50. The molecule has 9 heteroatoms. The topological polar surface area (TPSA) is 109 Å². The minimum absolute atomic E-state index is 0.0265. The maximum absolute atomic E-state index is 14.9. The minimum atomic E-state index is -1.09. The molecule has 2 aromatic carbocycles. The lowest BCUT2D eigenvalue weighted by molar-refractivity contribution is -0.136. The van der Waals surface area contributed by atoms with Gasteiger partial charge in [-0.1, -0.05) is 6.07 Å². The van der Waals surface area contributed by atoms with Crippen LogP contribution in [-0.4, -0.2) is 39.1 Å². The molecule has 3 N–H and O–H groups in total. The fourth-order valence-corrected chi connectivity index (χ4v) is 3.60. The Morgan fingerprint density at radius 1 is 1.16 bits per heavy atom. The van der Waals surface area contributed by atoms with E-state index in [1.807, 2.05) is 0 Å². The second-order valence-corrected chi connectivity index (χ2v) is 7.10. The fourth-order valence-electron chi connectivity index (χ4n) is 3.60. The number of phenolic OH excluding ortho intramolecular Hbond substituents is 1. The summed E-state index contributed by atoms with van der Waals surface area (Å²) in [6, 6.07) is 7.45. The van der Waals surface area contributed by atoms with Gasteiger partial charge in [-0.3, -0.25) is 19.0 Å². The van der Waals surface area contributed by atoms with E-state index in [0.29, 0.717) is 0 Å². The molecule has 0 saturated heterocycles. The number of carbonyl (C=O) groups is 3. The van der Waals surface area contributed by atoms with Gasteiger partial charge in [0, 0.05) is 23.2 Å². The van der Waals surface area contributed by atoms with E-state index in [1.165, 1.54) is 42.7 Å². The van der Waals surface area contributed by atoms with Crippen molar-refractivity contribution < 1.29 is 33.4 Å². The first-order valence-corrected chi connectivity index (χ1v) is 9.45. The Morgan fingerprint density at radius 2 is 1.87 bits per heavy atom. The Hall–Kier alpha value is -3.75. The van der Waals surface area contributed by atoms with Gasteiger partial charge in [0.1, 0.15) is 5.82 Å². The fraction of sp³-hybridized carbons (Fsp3) is 0.227. The number of hydrogen-bond acceptors (Lipinski definition) is 4. The van der Waals surface area contributed by atoms with Gasteiger partial charge in [0.2, 0.25) is 5.91 Å². The van der Waals surface area contributed by atoms with Crippen LogP contribution in [0.1, 0.15) is 40.9 Å². The third-order valence-corrected chi connectivity index (χ3v) is 5.07. The SMILES string of the molecule is Cc1c(C(C)C(=O)NCCC(=O)O)c2c(F)c(O)ccc2n1C(=O)c1cccc(F)c1. The van der Waals surface area contributed by atoms with Crippen molar-refractivity contribution in [3.05, 3.63) is 64.9 Å². The number of rotatable bonds is 6. The van der Waals surface area contributed by atoms with E-state index in [-0.39, 0.29) is 40.7 Å². The van der Waals surface area contributed by atoms with E-state index in [0.717, 1.165) is 12.1 Å². The number of hydrogen-bond donors (Lipinski definition) is 3. The molecule has 1 aromatic heterocycles. The Bertz CT molecular complexity index is 1200. The summed E-state index contributed by atoms with van der Waals surface area (Å²) < 4.78 is 29.7. The van der Waals surface area contributed by atoms with Crippen LogP contribution in [0.2, 0.25) is 0 Å². The normalized spacial score (nSPS) is 12.0. The van der Waals surface area contributed by atoms with E-state index < -0.39 is 41.1 Å². The summed E-state index contributed by atoms with van der Waals surface area (Å²) in [4.78, 5) is 36.4. The number of aromatic hydroxyl groups is 1. The maximum atomic E-state index is 14.9. The number of nitrogens with zero attached hydrogens (tertiary/aromatic N) is 1. The van der Waals surface area contributed by atoms with Gasteiger partial charge in [0.15, 0.2) is 11.6 Å². The number of amides is 1. The van der Waals surface area contributed by atoms with Gasteiger partial charge in [-0.25, -0.2) is 8.78 Å². The molecule has 7 nitrogen and oxygen atoms in total. The third-order valence-electron chi connectivity index (χ3n) is 5.07. The van der Waals surface area contributed by atoms with Crippen LogP contribution in [0.4, 0.5) is 8.78 Å². The second-order valence-electron chi connectivity index (χ2n) is 7.10. The van der Waals surface area contributed by atoms with E-state index in [2.05, 4.69) is 5.32 Å². The van der Waals surface area contributed by atoms with E-state index in [1.54, 1.807) is 0 Å². The predicted octanol–water partition coefficient (Wildman–Crippen LogP) is 3.32. The Labute approximate surface area is 175 Å². The van der Waals surface area contributed by atoms with Crippen molar-refractivity contribution in [1.29, 1.82) is 0 Å². The molecule has 1 amide bonds.